The number of para-hydroxylation sites is 1. The topological polar surface area (TPSA) is 68.5 Å². The molecular weight excluding hydrogens is 330 g/mol. The van der Waals surface area contributed by atoms with Gasteiger partial charge in [0.2, 0.25) is 0 Å². The van der Waals surface area contributed by atoms with Gasteiger partial charge in [-0.2, -0.15) is 0 Å². The normalized spacial score (nSPS) is 19.8. The smallest absolute Gasteiger partial charge is 0.276 e. The Kier molecular flexibility index (Phi) is 3.62. The molecule has 1 aromatic carbocycles. The molecule has 0 radical (unpaired) electrons. The van der Waals surface area contributed by atoms with Crippen molar-refractivity contribution in [1.29, 1.82) is 0 Å². The van der Waals surface area contributed by atoms with Crippen LogP contribution in [0.1, 0.15) is 41.4 Å². The van der Waals surface area contributed by atoms with Crippen molar-refractivity contribution in [2.45, 2.75) is 31.3 Å². The summed E-state index contributed by atoms with van der Waals surface area (Å²) in [6, 6.07) is 11.6. The molecule has 2 aromatic heterocycles. The number of pyridine rings is 1. The summed E-state index contributed by atoms with van der Waals surface area (Å²) in [5, 5.41) is 5.00. The number of carbonyl (C=O) groups excluding carboxylic acids is 1. The van der Waals surface area contributed by atoms with Crippen LogP contribution in [0.2, 0.25) is 0 Å². The number of ether oxygens (including phenoxy) is 1. The minimum absolute atomic E-state index is 0.0404. The molecule has 1 aliphatic heterocycles. The number of fused-ring (bicyclic) bond motifs is 1. The van der Waals surface area contributed by atoms with Gasteiger partial charge in [0.1, 0.15) is 23.1 Å². The number of hydrogen-bond acceptors (Lipinski definition) is 5. The molecule has 3 aromatic rings. The average Bonchev–Trinajstić information content (AvgIpc) is 3.22. The number of amides is 1. The van der Waals surface area contributed by atoms with Crippen molar-refractivity contribution in [3.8, 4) is 5.75 Å². The van der Waals surface area contributed by atoms with Crippen molar-refractivity contribution in [3.05, 3.63) is 54.0 Å². The van der Waals surface area contributed by atoms with E-state index in [1.54, 1.807) is 17.2 Å². The van der Waals surface area contributed by atoms with E-state index in [1.807, 2.05) is 30.3 Å². The lowest BCUT2D eigenvalue weighted by molar-refractivity contribution is 0.0762. The van der Waals surface area contributed by atoms with Crippen LogP contribution in [0.4, 0.5) is 0 Å². The summed E-state index contributed by atoms with van der Waals surface area (Å²) in [6.07, 6.45) is 4.77. The largest absolute Gasteiger partial charge is 0.486 e. The molecule has 1 saturated carbocycles. The van der Waals surface area contributed by atoms with Crippen LogP contribution in [0, 0.1) is 0 Å². The van der Waals surface area contributed by atoms with Gasteiger partial charge in [-0.1, -0.05) is 23.4 Å². The van der Waals surface area contributed by atoms with E-state index in [2.05, 4.69) is 10.1 Å². The zero-order valence-electron chi connectivity index (χ0n) is 14.3. The molecule has 1 saturated heterocycles. The number of hydrogen-bond donors (Lipinski definition) is 0. The molecule has 1 atom stereocenters. The van der Waals surface area contributed by atoms with E-state index in [4.69, 9.17) is 9.26 Å². The Balaban J connectivity index is 1.28. The van der Waals surface area contributed by atoms with E-state index < -0.39 is 0 Å². The monoisotopic (exact) mass is 349 g/mol. The third-order valence-corrected chi connectivity index (χ3v) is 5.05. The maximum Gasteiger partial charge on any atom is 0.276 e. The molecule has 1 aliphatic carbocycles. The van der Waals surface area contributed by atoms with Crippen molar-refractivity contribution in [3.63, 3.8) is 0 Å². The van der Waals surface area contributed by atoms with Crippen molar-refractivity contribution in [1.82, 2.24) is 15.0 Å². The van der Waals surface area contributed by atoms with Crippen LogP contribution in [0.3, 0.4) is 0 Å². The van der Waals surface area contributed by atoms with E-state index in [-0.39, 0.29) is 12.0 Å². The van der Waals surface area contributed by atoms with Gasteiger partial charge in [-0.15, -0.1) is 0 Å². The lowest BCUT2D eigenvalue weighted by atomic mass is 10.2. The van der Waals surface area contributed by atoms with E-state index in [9.17, 15) is 4.79 Å². The van der Waals surface area contributed by atoms with Crippen molar-refractivity contribution < 1.29 is 14.1 Å². The summed E-state index contributed by atoms with van der Waals surface area (Å²) in [5.41, 5.74) is 1.25. The van der Waals surface area contributed by atoms with E-state index >= 15 is 0 Å². The van der Waals surface area contributed by atoms with Gasteiger partial charge in [0.15, 0.2) is 5.69 Å². The highest BCUT2D eigenvalue weighted by Gasteiger charge is 2.33. The SMILES string of the molecule is O=C(c1cc(C2CC2)on1)N1CC[C@H](Oc2cccc3cccnc23)C1. The predicted molar refractivity (Wildman–Crippen MR) is 95.2 cm³/mol. The number of rotatable bonds is 4. The molecule has 0 bridgehead atoms. The minimum Gasteiger partial charge on any atom is -0.486 e. The Morgan fingerprint density at radius 2 is 2.08 bits per heavy atom. The van der Waals surface area contributed by atoms with E-state index in [0.29, 0.717) is 24.7 Å². The minimum atomic E-state index is -0.0807. The molecule has 132 valence electrons. The molecule has 0 spiro atoms. The van der Waals surface area contributed by atoms with Gasteiger partial charge in [0.05, 0.1) is 6.54 Å². The van der Waals surface area contributed by atoms with Gasteiger partial charge < -0.3 is 14.2 Å². The summed E-state index contributed by atoms with van der Waals surface area (Å²) in [7, 11) is 0. The predicted octanol–water partition coefficient (Wildman–Crippen LogP) is 3.39. The van der Waals surface area contributed by atoms with E-state index in [0.717, 1.165) is 41.7 Å². The van der Waals surface area contributed by atoms with Crippen LogP contribution < -0.4 is 4.74 Å². The van der Waals surface area contributed by atoms with Crippen LogP contribution >= 0.6 is 0 Å². The lowest BCUT2D eigenvalue weighted by Crippen LogP contribution is -2.31. The summed E-state index contributed by atoms with van der Waals surface area (Å²) in [6.45, 7) is 1.21. The molecule has 6 heteroatoms. The molecular formula is C20H19N3O3. The number of aromatic nitrogens is 2. The van der Waals surface area contributed by atoms with Gasteiger partial charge in [-0.3, -0.25) is 9.78 Å². The summed E-state index contributed by atoms with van der Waals surface area (Å²) in [5.74, 6) is 1.97. The summed E-state index contributed by atoms with van der Waals surface area (Å²) >= 11 is 0. The average molecular weight is 349 g/mol. The highest BCUT2D eigenvalue weighted by Crippen LogP contribution is 2.40. The van der Waals surface area contributed by atoms with Gasteiger partial charge in [-0.05, 0) is 25.0 Å². The third kappa shape index (κ3) is 2.81. The van der Waals surface area contributed by atoms with Crippen LogP contribution in [0.5, 0.6) is 5.75 Å². The highest BCUT2D eigenvalue weighted by molar-refractivity contribution is 5.92. The Labute approximate surface area is 150 Å². The quantitative estimate of drug-likeness (QED) is 0.722. The summed E-state index contributed by atoms with van der Waals surface area (Å²) < 4.78 is 11.5. The van der Waals surface area contributed by atoms with Gasteiger partial charge >= 0.3 is 0 Å². The zero-order valence-corrected chi connectivity index (χ0v) is 14.3. The van der Waals surface area contributed by atoms with Crippen molar-refractivity contribution in [2.24, 2.45) is 0 Å². The molecule has 26 heavy (non-hydrogen) atoms. The third-order valence-electron chi connectivity index (χ3n) is 5.05. The number of likely N-dealkylation sites (tertiary alicyclic amines) is 1. The fraction of sp³-hybridized carbons (Fsp3) is 0.350. The number of carbonyl (C=O) groups is 1. The molecule has 2 aliphatic rings. The van der Waals surface area contributed by atoms with E-state index in [1.165, 1.54) is 0 Å². The zero-order chi connectivity index (χ0) is 17.5. The molecule has 3 heterocycles. The number of nitrogens with zero attached hydrogens (tertiary/aromatic N) is 3. The number of benzene rings is 1. The Hall–Kier alpha value is -2.89. The van der Waals surface area contributed by atoms with Gasteiger partial charge in [0.25, 0.3) is 5.91 Å². The van der Waals surface area contributed by atoms with Crippen molar-refractivity contribution in [2.75, 3.05) is 13.1 Å². The van der Waals surface area contributed by atoms with Gasteiger partial charge in [-0.25, -0.2) is 0 Å². The first-order chi connectivity index (χ1) is 12.8. The van der Waals surface area contributed by atoms with Crippen LogP contribution in [0.15, 0.2) is 47.1 Å². The second-order valence-electron chi connectivity index (χ2n) is 7.00. The molecule has 0 unspecified atom stereocenters. The second kappa shape index (κ2) is 6.12. The molecule has 5 rings (SSSR count). The van der Waals surface area contributed by atoms with Crippen LogP contribution in [-0.2, 0) is 0 Å². The van der Waals surface area contributed by atoms with Crippen molar-refractivity contribution >= 4 is 16.8 Å². The van der Waals surface area contributed by atoms with Gasteiger partial charge in [0, 0.05) is 36.5 Å². The first-order valence-corrected chi connectivity index (χ1v) is 9.04. The standard InChI is InChI=1S/C20H19N3O3/c24-20(16-11-18(26-22-16)13-6-7-13)23-10-8-15(12-23)25-17-5-1-3-14-4-2-9-21-19(14)17/h1-5,9,11,13,15H,6-8,10,12H2/t15-/m0/s1. The molecule has 1 amide bonds. The lowest BCUT2D eigenvalue weighted by Gasteiger charge is -2.16. The Morgan fingerprint density at radius 3 is 2.96 bits per heavy atom. The first-order valence-electron chi connectivity index (χ1n) is 9.04. The Bertz CT molecular complexity index is 958. The van der Waals surface area contributed by atoms with Crippen LogP contribution in [-0.4, -0.2) is 40.1 Å². The second-order valence-corrected chi connectivity index (χ2v) is 7.00. The maximum absolute atomic E-state index is 12.6. The summed E-state index contributed by atoms with van der Waals surface area (Å²) in [4.78, 5) is 18.9. The Morgan fingerprint density at radius 1 is 1.19 bits per heavy atom. The molecule has 6 nitrogen and oxygen atoms in total. The molecule has 0 N–H and O–H groups in total. The molecule has 2 fully saturated rings. The maximum atomic E-state index is 12.6. The fourth-order valence-electron chi connectivity index (χ4n) is 3.47. The fourth-order valence-corrected chi connectivity index (χ4v) is 3.47. The highest BCUT2D eigenvalue weighted by atomic mass is 16.5. The van der Waals surface area contributed by atoms with Crippen LogP contribution in [0.25, 0.3) is 10.9 Å². The first kappa shape index (κ1) is 15.4.